The van der Waals surface area contributed by atoms with E-state index in [-0.39, 0.29) is 27.2 Å². The first-order chi connectivity index (χ1) is 17.9. The average molecular weight is 621 g/mol. The molecule has 0 aliphatic heterocycles. The molecule has 15 heteroatoms. The number of nitrogens with two attached hydrogens (primary N) is 1. The maximum Gasteiger partial charge on any atom is 0.417 e. The number of amides is 3. The minimum atomic E-state index is -5.31. The molecule has 1 aliphatic carbocycles. The van der Waals surface area contributed by atoms with Gasteiger partial charge in [0.2, 0.25) is 5.91 Å². The lowest BCUT2D eigenvalue weighted by molar-refractivity contribution is -0.140. The van der Waals surface area contributed by atoms with Gasteiger partial charge in [-0.1, -0.05) is 40.9 Å². The van der Waals surface area contributed by atoms with Crippen LogP contribution in [-0.4, -0.2) is 24.2 Å². The Kier molecular flexibility index (Phi) is 9.03. The second kappa shape index (κ2) is 11.4. The second-order valence-corrected chi connectivity index (χ2v) is 9.95. The highest BCUT2D eigenvalue weighted by molar-refractivity contribution is 6.48. The van der Waals surface area contributed by atoms with Crippen molar-refractivity contribution in [3.8, 4) is 0 Å². The van der Waals surface area contributed by atoms with Gasteiger partial charge >= 0.3 is 18.4 Å². The predicted octanol–water partition coefficient (Wildman–Crippen LogP) is 7.94. The molecule has 0 bridgehead atoms. The van der Waals surface area contributed by atoms with E-state index in [1.54, 1.807) is 0 Å². The summed E-state index contributed by atoms with van der Waals surface area (Å²) in [4.78, 5) is 24.1. The number of hydrogen-bond donors (Lipinski definition) is 3. The maximum atomic E-state index is 15.6. The third-order valence-electron chi connectivity index (χ3n) is 5.78. The third kappa shape index (κ3) is 7.29. The van der Waals surface area contributed by atoms with Gasteiger partial charge in [-0.3, -0.25) is 4.79 Å². The van der Waals surface area contributed by atoms with E-state index in [9.17, 15) is 35.9 Å². The summed E-state index contributed by atoms with van der Waals surface area (Å²) in [5.41, 5.74) is -0.240. The number of nitrogens with one attached hydrogen (secondary N) is 2. The quantitative estimate of drug-likeness (QED) is 0.217. The molecule has 0 spiro atoms. The second-order valence-electron chi connectivity index (χ2n) is 8.76. The Hall–Kier alpha value is -2.70. The van der Waals surface area contributed by atoms with Gasteiger partial charge < -0.3 is 16.4 Å². The van der Waals surface area contributed by atoms with Gasteiger partial charge in [0.1, 0.15) is 11.7 Å². The molecule has 0 saturated heterocycles. The first-order valence-electron chi connectivity index (χ1n) is 11.1. The van der Waals surface area contributed by atoms with Crippen LogP contribution in [0.1, 0.15) is 64.3 Å². The Bertz CT molecular complexity index is 1300. The number of halogens is 10. The topological polar surface area (TPSA) is 84.2 Å². The summed E-state index contributed by atoms with van der Waals surface area (Å²) >= 11 is 17.4. The van der Waals surface area contributed by atoms with Crippen LogP contribution in [0, 0.1) is 0 Å². The van der Waals surface area contributed by atoms with Crippen molar-refractivity contribution in [2.24, 2.45) is 5.73 Å². The lowest BCUT2D eigenvalue weighted by atomic mass is 9.88. The van der Waals surface area contributed by atoms with Crippen molar-refractivity contribution < 1.29 is 40.3 Å². The fourth-order valence-corrected chi connectivity index (χ4v) is 4.50. The zero-order chi connectivity index (χ0) is 29.4. The van der Waals surface area contributed by atoms with Crippen LogP contribution in [0.2, 0.25) is 15.1 Å². The molecule has 3 rings (SSSR count). The van der Waals surface area contributed by atoms with E-state index in [1.165, 1.54) is 0 Å². The fraction of sp³-hybridized carbons (Fsp3) is 0.333. The largest absolute Gasteiger partial charge is 0.417 e. The fourth-order valence-electron chi connectivity index (χ4n) is 3.88. The van der Waals surface area contributed by atoms with E-state index in [0.29, 0.717) is 25.0 Å². The molecule has 3 amide bonds. The highest BCUT2D eigenvalue weighted by atomic mass is 35.5. The van der Waals surface area contributed by atoms with Gasteiger partial charge in [0.25, 0.3) is 0 Å². The monoisotopic (exact) mass is 619 g/mol. The molecule has 0 aromatic heterocycles. The lowest BCUT2D eigenvalue weighted by Gasteiger charge is -2.25. The zero-order valence-corrected chi connectivity index (χ0v) is 22.0. The van der Waals surface area contributed by atoms with Crippen LogP contribution >= 0.6 is 34.8 Å². The minimum Gasteiger partial charge on any atom is -0.366 e. The van der Waals surface area contributed by atoms with Crippen LogP contribution in [0.3, 0.4) is 0 Å². The molecule has 2 aromatic carbocycles. The Morgan fingerprint density at radius 1 is 1.03 bits per heavy atom. The Morgan fingerprint density at radius 3 is 2.03 bits per heavy atom. The van der Waals surface area contributed by atoms with E-state index >= 15 is 4.39 Å². The van der Waals surface area contributed by atoms with Crippen molar-refractivity contribution in [1.82, 2.24) is 10.6 Å². The number of carbonyl (C=O) groups is 2. The molecule has 0 radical (unpaired) electrons. The Morgan fingerprint density at radius 2 is 1.56 bits per heavy atom. The first kappa shape index (κ1) is 30.8. The molecule has 4 N–H and O–H groups in total. The van der Waals surface area contributed by atoms with Crippen molar-refractivity contribution in [2.45, 2.75) is 50.1 Å². The number of benzene rings is 2. The van der Waals surface area contributed by atoms with E-state index < -0.39 is 69.9 Å². The zero-order valence-electron chi connectivity index (χ0n) is 19.7. The molecule has 1 unspecified atom stereocenters. The van der Waals surface area contributed by atoms with Gasteiger partial charge in [0, 0.05) is 11.6 Å². The van der Waals surface area contributed by atoms with Gasteiger partial charge in [-0.25, -0.2) is 9.18 Å². The van der Waals surface area contributed by atoms with E-state index in [0.717, 1.165) is 19.1 Å². The molecule has 212 valence electrons. The third-order valence-corrected chi connectivity index (χ3v) is 6.97. The summed E-state index contributed by atoms with van der Waals surface area (Å²) < 4.78 is 100. The Balaban J connectivity index is 2.23. The van der Waals surface area contributed by atoms with E-state index in [1.807, 2.05) is 0 Å². The molecule has 2 atom stereocenters. The Labute approximate surface area is 232 Å². The first-order valence-corrected chi connectivity index (χ1v) is 12.2. The van der Waals surface area contributed by atoms with Crippen LogP contribution in [0.25, 0.3) is 5.83 Å². The summed E-state index contributed by atoms with van der Waals surface area (Å²) in [5.74, 6) is -5.97. The molecule has 1 saturated carbocycles. The van der Waals surface area contributed by atoms with Crippen molar-refractivity contribution >= 4 is 52.6 Å². The number of urea groups is 1. The van der Waals surface area contributed by atoms with Crippen LogP contribution in [0.5, 0.6) is 0 Å². The van der Waals surface area contributed by atoms with Gasteiger partial charge in [-0.05, 0) is 55.2 Å². The van der Waals surface area contributed by atoms with Gasteiger partial charge in [0.05, 0.1) is 32.2 Å². The minimum absolute atomic E-state index is 0.0375. The normalized spacial score (nSPS) is 16.0. The van der Waals surface area contributed by atoms with Crippen LogP contribution < -0.4 is 16.4 Å². The molecule has 1 fully saturated rings. The molecule has 2 aromatic rings. The van der Waals surface area contributed by atoms with Crippen molar-refractivity contribution in [3.63, 3.8) is 0 Å². The van der Waals surface area contributed by atoms with Crippen molar-refractivity contribution in [3.05, 3.63) is 73.2 Å². The summed E-state index contributed by atoms with van der Waals surface area (Å²) in [6.07, 6.45) is -9.12. The van der Waals surface area contributed by atoms with Crippen LogP contribution in [0.4, 0.5) is 35.5 Å². The summed E-state index contributed by atoms with van der Waals surface area (Å²) in [6, 6.07) is 0.104. The number of rotatable bonds is 7. The highest BCUT2D eigenvalue weighted by Gasteiger charge is 2.43. The van der Waals surface area contributed by atoms with E-state index in [4.69, 9.17) is 40.5 Å². The van der Waals surface area contributed by atoms with E-state index in [2.05, 4.69) is 10.6 Å². The number of alkyl halides is 6. The van der Waals surface area contributed by atoms with Gasteiger partial charge in [-0.2, -0.15) is 26.3 Å². The van der Waals surface area contributed by atoms with Crippen LogP contribution in [0.15, 0.2) is 30.3 Å². The molecule has 1 aliphatic rings. The number of primary amides is 1. The van der Waals surface area contributed by atoms with Gasteiger partial charge in [-0.15, -0.1) is 0 Å². The highest BCUT2D eigenvalue weighted by Crippen LogP contribution is 2.45. The summed E-state index contributed by atoms with van der Waals surface area (Å²) in [6.45, 7) is 1.05. The molecular weight excluding hydrogens is 602 g/mol. The molecule has 39 heavy (non-hydrogen) atoms. The SMILES string of the molecule is C[C@H](NC(=O)NC1CC1)c1c(/C(F)=C/C(c2cc(Cl)c(Cl)c(Cl)c2)C(F)(F)F)ccc(C(N)=O)c1C(F)(F)F. The number of carbonyl (C=O) groups excluding carboxylic acids is 2. The maximum absolute atomic E-state index is 15.6. The van der Waals surface area contributed by atoms with Crippen LogP contribution in [-0.2, 0) is 6.18 Å². The van der Waals surface area contributed by atoms with Crippen molar-refractivity contribution in [1.29, 1.82) is 0 Å². The standard InChI is InChI=1S/C24H19Cl3F7N3O2/c1-9(36-22(39)37-11-2-3-11)18-12(4-5-13(21(35)38)19(18)24(32,33)34)17(28)8-14(23(29,30)31)10-6-15(25)20(27)16(26)7-10/h4-9,11,14H,2-3H2,1H3,(H2,35,38)(H2,36,37,39)/b17-8-/t9-,14?/m0/s1. The molecule has 0 heterocycles. The summed E-state index contributed by atoms with van der Waals surface area (Å²) in [5, 5.41) is 3.69. The number of hydrogen-bond acceptors (Lipinski definition) is 2. The smallest absolute Gasteiger partial charge is 0.366 e. The molecule has 5 nitrogen and oxygen atoms in total. The van der Waals surface area contributed by atoms with Crippen molar-refractivity contribution in [2.75, 3.05) is 0 Å². The molecular formula is C24H19Cl3F7N3O2. The number of allylic oxidation sites excluding steroid dienone is 1. The predicted molar refractivity (Wildman–Crippen MR) is 132 cm³/mol. The van der Waals surface area contributed by atoms with Gasteiger partial charge in [0.15, 0.2) is 0 Å². The average Bonchev–Trinajstić information content (AvgIpc) is 3.61. The summed E-state index contributed by atoms with van der Waals surface area (Å²) in [7, 11) is 0. The lowest BCUT2D eigenvalue weighted by Crippen LogP contribution is -2.39.